The molecule has 3 aromatic carbocycles. The number of ether oxygens (including phenoxy) is 1. The molecule has 7 nitrogen and oxygen atoms in total. The number of para-hydroxylation sites is 1. The van der Waals surface area contributed by atoms with E-state index < -0.39 is 23.7 Å². The normalized spacial score (nSPS) is 11.4. The lowest BCUT2D eigenvalue weighted by Gasteiger charge is -2.31. The van der Waals surface area contributed by atoms with E-state index in [2.05, 4.69) is 15.3 Å². The Morgan fingerprint density at radius 1 is 0.971 bits per heavy atom. The number of rotatable bonds is 7. The number of nitrogens with one attached hydrogen (secondary N) is 1. The van der Waals surface area contributed by atoms with E-state index in [-0.39, 0.29) is 5.69 Å². The first kappa shape index (κ1) is 22.6. The molecule has 0 aliphatic heterocycles. The molecule has 1 unspecified atom stereocenters. The highest BCUT2D eigenvalue weighted by Crippen LogP contribution is 2.32. The van der Waals surface area contributed by atoms with Gasteiger partial charge in [-0.25, -0.2) is 9.37 Å². The highest BCUT2D eigenvalue weighted by molar-refractivity contribution is 6.11. The van der Waals surface area contributed by atoms with Crippen molar-refractivity contribution in [1.82, 2.24) is 9.97 Å². The summed E-state index contributed by atoms with van der Waals surface area (Å²) in [5.74, 6) is -0.912. The van der Waals surface area contributed by atoms with Gasteiger partial charge in [-0.05, 0) is 54.1 Å². The zero-order chi connectivity index (χ0) is 23.9. The first-order valence-electron chi connectivity index (χ1n) is 10.4. The molecule has 0 bridgehead atoms. The van der Waals surface area contributed by atoms with Crippen LogP contribution in [0.1, 0.15) is 22.1 Å². The maximum Gasteiger partial charge on any atom is 0.279 e. The van der Waals surface area contributed by atoms with Gasteiger partial charge in [0.1, 0.15) is 23.3 Å². The number of hydrogen-bond acceptors (Lipinski definition) is 5. The zero-order valence-electron chi connectivity index (χ0n) is 18.3. The Bertz CT molecular complexity index is 1270. The van der Waals surface area contributed by atoms with Crippen molar-refractivity contribution in [3.8, 4) is 5.75 Å². The number of benzene rings is 3. The van der Waals surface area contributed by atoms with Crippen LogP contribution in [0.25, 0.3) is 0 Å². The molecule has 0 aliphatic rings. The fraction of sp³-hybridized carbons (Fsp3) is 0.0769. The number of anilines is 2. The second kappa shape index (κ2) is 10.4. The smallest absolute Gasteiger partial charge is 0.279 e. The molecule has 0 fully saturated rings. The van der Waals surface area contributed by atoms with E-state index in [0.29, 0.717) is 22.7 Å². The third-order valence-corrected chi connectivity index (χ3v) is 5.06. The van der Waals surface area contributed by atoms with Crippen LogP contribution in [0, 0.1) is 5.82 Å². The molecule has 1 N–H and O–H groups in total. The lowest BCUT2D eigenvalue weighted by Crippen LogP contribution is -2.42. The van der Waals surface area contributed by atoms with Crippen molar-refractivity contribution in [3.63, 3.8) is 0 Å². The minimum absolute atomic E-state index is 0.0776. The molecule has 1 aromatic heterocycles. The van der Waals surface area contributed by atoms with Crippen molar-refractivity contribution >= 4 is 23.2 Å². The van der Waals surface area contributed by atoms with Crippen molar-refractivity contribution in [2.75, 3.05) is 17.3 Å². The highest BCUT2D eigenvalue weighted by Gasteiger charge is 2.34. The highest BCUT2D eigenvalue weighted by atomic mass is 19.1. The lowest BCUT2D eigenvalue weighted by molar-refractivity contribution is -0.117. The van der Waals surface area contributed by atoms with Gasteiger partial charge >= 0.3 is 0 Å². The monoisotopic (exact) mass is 456 g/mol. The van der Waals surface area contributed by atoms with E-state index in [1.54, 1.807) is 48.5 Å². The van der Waals surface area contributed by atoms with Gasteiger partial charge in [-0.15, -0.1) is 0 Å². The number of hydrogen-bond donors (Lipinski definition) is 1. The van der Waals surface area contributed by atoms with Crippen molar-refractivity contribution in [3.05, 3.63) is 115 Å². The lowest BCUT2D eigenvalue weighted by atomic mass is 10.0. The van der Waals surface area contributed by atoms with Crippen molar-refractivity contribution in [1.29, 1.82) is 0 Å². The van der Waals surface area contributed by atoms with Crippen LogP contribution in [0.2, 0.25) is 0 Å². The summed E-state index contributed by atoms with van der Waals surface area (Å²) in [6.07, 6.45) is 4.22. The number of aromatic nitrogens is 2. The summed E-state index contributed by atoms with van der Waals surface area (Å²) in [5, 5.41) is 2.79. The summed E-state index contributed by atoms with van der Waals surface area (Å²) in [4.78, 5) is 36.8. The van der Waals surface area contributed by atoms with Crippen LogP contribution in [0.4, 0.5) is 15.8 Å². The molecule has 34 heavy (non-hydrogen) atoms. The van der Waals surface area contributed by atoms with Gasteiger partial charge in [-0.3, -0.25) is 19.5 Å². The molecule has 4 aromatic rings. The Hall–Kier alpha value is -4.59. The summed E-state index contributed by atoms with van der Waals surface area (Å²) in [6, 6.07) is 20.0. The first-order chi connectivity index (χ1) is 16.6. The molecule has 0 aliphatic carbocycles. The van der Waals surface area contributed by atoms with Crippen LogP contribution < -0.4 is 15.0 Å². The second-order valence-corrected chi connectivity index (χ2v) is 7.28. The molecular formula is C26H21FN4O3. The average molecular weight is 456 g/mol. The van der Waals surface area contributed by atoms with Crippen LogP contribution in [0.15, 0.2) is 97.5 Å². The Labute approximate surface area is 195 Å². The van der Waals surface area contributed by atoms with Crippen LogP contribution in [-0.2, 0) is 4.79 Å². The number of halogens is 1. The Kier molecular flexibility index (Phi) is 6.88. The van der Waals surface area contributed by atoms with E-state index in [1.807, 2.05) is 6.07 Å². The van der Waals surface area contributed by atoms with Crippen LogP contribution in [0.5, 0.6) is 5.75 Å². The standard InChI is InChI=1S/C26H21FN4O3/c1-34-22-9-5-6-18(16-22)24(25(32)30-20-12-10-19(27)11-13-20)31(21-7-3-2-4-8-21)26(33)23-17-28-14-15-29-23/h2-17,24H,1H3,(H,30,32). The van der Waals surface area contributed by atoms with E-state index in [1.165, 1.54) is 54.9 Å². The van der Waals surface area contributed by atoms with E-state index in [0.717, 1.165) is 0 Å². The number of nitrogens with zero attached hydrogens (tertiary/aromatic N) is 3. The van der Waals surface area contributed by atoms with Gasteiger partial charge in [0, 0.05) is 23.8 Å². The molecule has 0 radical (unpaired) electrons. The quantitative estimate of drug-likeness (QED) is 0.438. The topological polar surface area (TPSA) is 84.4 Å². The molecule has 2 amide bonds. The van der Waals surface area contributed by atoms with Crippen LogP contribution >= 0.6 is 0 Å². The fourth-order valence-corrected chi connectivity index (χ4v) is 3.48. The fourth-order valence-electron chi connectivity index (χ4n) is 3.48. The largest absolute Gasteiger partial charge is 0.497 e. The summed E-state index contributed by atoms with van der Waals surface area (Å²) in [6.45, 7) is 0. The van der Waals surface area contributed by atoms with Gasteiger partial charge in [0.2, 0.25) is 0 Å². The maximum absolute atomic E-state index is 13.7. The van der Waals surface area contributed by atoms with Gasteiger partial charge in [-0.1, -0.05) is 30.3 Å². The minimum Gasteiger partial charge on any atom is -0.497 e. The zero-order valence-corrected chi connectivity index (χ0v) is 18.3. The molecular weight excluding hydrogens is 435 g/mol. The van der Waals surface area contributed by atoms with Crippen LogP contribution in [-0.4, -0.2) is 28.9 Å². The molecule has 1 atom stereocenters. The van der Waals surface area contributed by atoms with Gasteiger partial charge in [-0.2, -0.15) is 0 Å². The van der Waals surface area contributed by atoms with Gasteiger partial charge in [0.25, 0.3) is 11.8 Å². The van der Waals surface area contributed by atoms with E-state index in [4.69, 9.17) is 4.74 Å². The van der Waals surface area contributed by atoms with Crippen molar-refractivity contribution in [2.45, 2.75) is 6.04 Å². The van der Waals surface area contributed by atoms with E-state index >= 15 is 0 Å². The number of methoxy groups -OCH3 is 1. The molecule has 0 saturated heterocycles. The predicted molar refractivity (Wildman–Crippen MR) is 126 cm³/mol. The Balaban J connectivity index is 1.84. The van der Waals surface area contributed by atoms with Crippen LogP contribution in [0.3, 0.4) is 0 Å². The number of amides is 2. The van der Waals surface area contributed by atoms with E-state index in [9.17, 15) is 14.0 Å². The molecule has 1 heterocycles. The second-order valence-electron chi connectivity index (χ2n) is 7.28. The summed E-state index contributed by atoms with van der Waals surface area (Å²) < 4.78 is 18.7. The Morgan fingerprint density at radius 2 is 1.74 bits per heavy atom. The Morgan fingerprint density at radius 3 is 2.41 bits per heavy atom. The van der Waals surface area contributed by atoms with Gasteiger partial charge in [0.15, 0.2) is 0 Å². The molecule has 170 valence electrons. The van der Waals surface area contributed by atoms with Gasteiger partial charge < -0.3 is 10.1 Å². The molecule has 0 saturated carbocycles. The van der Waals surface area contributed by atoms with Crippen molar-refractivity contribution < 1.29 is 18.7 Å². The third-order valence-electron chi connectivity index (χ3n) is 5.06. The molecule has 8 heteroatoms. The SMILES string of the molecule is COc1cccc(C(C(=O)Nc2ccc(F)cc2)N(C(=O)c2cnccn2)c2ccccc2)c1. The molecule has 0 spiro atoms. The minimum atomic E-state index is -1.10. The van der Waals surface area contributed by atoms with Gasteiger partial charge in [0.05, 0.1) is 13.3 Å². The molecule has 4 rings (SSSR count). The summed E-state index contributed by atoms with van der Waals surface area (Å²) in [7, 11) is 1.52. The third kappa shape index (κ3) is 5.07. The predicted octanol–water partition coefficient (Wildman–Crippen LogP) is 4.65. The number of carbonyl (C=O) groups is 2. The first-order valence-corrected chi connectivity index (χ1v) is 10.4. The summed E-state index contributed by atoms with van der Waals surface area (Å²) in [5.41, 5.74) is 1.47. The van der Waals surface area contributed by atoms with Crippen molar-refractivity contribution in [2.24, 2.45) is 0 Å². The maximum atomic E-state index is 13.7. The number of carbonyl (C=O) groups excluding carboxylic acids is 2. The average Bonchev–Trinajstić information content (AvgIpc) is 2.89. The summed E-state index contributed by atoms with van der Waals surface area (Å²) >= 11 is 0.